The zero-order chi connectivity index (χ0) is 13.2. The first kappa shape index (κ1) is 15.5. The second kappa shape index (κ2) is 9.37. The van der Waals surface area contributed by atoms with Gasteiger partial charge in [-0.05, 0) is 38.1 Å². The van der Waals surface area contributed by atoms with Crippen molar-refractivity contribution in [3.63, 3.8) is 0 Å². The van der Waals surface area contributed by atoms with Crippen molar-refractivity contribution in [1.29, 1.82) is 0 Å². The quantitative estimate of drug-likeness (QED) is 0.542. The molecular formula is C15H30N2O. The van der Waals surface area contributed by atoms with Crippen molar-refractivity contribution in [2.75, 3.05) is 6.54 Å². The van der Waals surface area contributed by atoms with Crippen LogP contribution in [0.25, 0.3) is 0 Å². The number of carbonyl (C=O) groups excluding carboxylic acids is 1. The Kier molecular flexibility index (Phi) is 8.06. The van der Waals surface area contributed by atoms with Crippen LogP contribution in [-0.2, 0) is 4.79 Å². The maximum Gasteiger partial charge on any atom is 0.220 e. The fourth-order valence-corrected chi connectivity index (χ4v) is 2.77. The SMILES string of the molecule is CC1CCCCCC1NC(=O)CCCCCCN. The first-order valence-corrected chi connectivity index (χ1v) is 7.73. The van der Waals surface area contributed by atoms with Gasteiger partial charge in [0.2, 0.25) is 5.91 Å². The van der Waals surface area contributed by atoms with E-state index < -0.39 is 0 Å². The minimum absolute atomic E-state index is 0.251. The number of amides is 1. The molecule has 1 rings (SSSR count). The van der Waals surface area contributed by atoms with E-state index >= 15 is 0 Å². The molecule has 106 valence electrons. The molecule has 0 bridgehead atoms. The van der Waals surface area contributed by atoms with Crippen LogP contribution in [-0.4, -0.2) is 18.5 Å². The average molecular weight is 254 g/mol. The molecule has 0 aromatic carbocycles. The van der Waals surface area contributed by atoms with Crippen molar-refractivity contribution in [2.45, 2.75) is 77.2 Å². The third-order valence-electron chi connectivity index (χ3n) is 4.07. The number of hydrogen-bond donors (Lipinski definition) is 2. The lowest BCUT2D eigenvalue weighted by atomic mass is 9.97. The lowest BCUT2D eigenvalue weighted by Gasteiger charge is -2.22. The second-order valence-corrected chi connectivity index (χ2v) is 5.74. The van der Waals surface area contributed by atoms with Gasteiger partial charge in [-0.15, -0.1) is 0 Å². The van der Waals surface area contributed by atoms with Gasteiger partial charge in [-0.25, -0.2) is 0 Å². The highest BCUT2D eigenvalue weighted by Gasteiger charge is 2.21. The fraction of sp³-hybridized carbons (Fsp3) is 0.933. The Morgan fingerprint density at radius 2 is 1.83 bits per heavy atom. The molecule has 3 nitrogen and oxygen atoms in total. The van der Waals surface area contributed by atoms with Crippen LogP contribution in [0, 0.1) is 5.92 Å². The summed E-state index contributed by atoms with van der Waals surface area (Å²) >= 11 is 0. The van der Waals surface area contributed by atoms with Crippen molar-refractivity contribution in [2.24, 2.45) is 11.7 Å². The van der Waals surface area contributed by atoms with Crippen LogP contribution in [0.4, 0.5) is 0 Å². The van der Waals surface area contributed by atoms with E-state index in [1.807, 2.05) is 0 Å². The molecule has 0 aliphatic heterocycles. The normalized spacial score (nSPS) is 24.6. The molecular weight excluding hydrogens is 224 g/mol. The largest absolute Gasteiger partial charge is 0.353 e. The minimum atomic E-state index is 0.251. The summed E-state index contributed by atoms with van der Waals surface area (Å²) in [5.41, 5.74) is 5.44. The van der Waals surface area contributed by atoms with Crippen molar-refractivity contribution in [1.82, 2.24) is 5.32 Å². The summed E-state index contributed by atoms with van der Waals surface area (Å²) in [6.07, 6.45) is 11.4. The van der Waals surface area contributed by atoms with E-state index in [4.69, 9.17) is 5.73 Å². The van der Waals surface area contributed by atoms with Crippen LogP contribution in [0.15, 0.2) is 0 Å². The van der Waals surface area contributed by atoms with E-state index in [1.165, 1.54) is 32.1 Å². The van der Waals surface area contributed by atoms with Gasteiger partial charge < -0.3 is 11.1 Å². The monoisotopic (exact) mass is 254 g/mol. The van der Waals surface area contributed by atoms with E-state index in [-0.39, 0.29) is 5.91 Å². The molecule has 0 aromatic heterocycles. The third-order valence-corrected chi connectivity index (χ3v) is 4.07. The highest BCUT2D eigenvalue weighted by Crippen LogP contribution is 2.23. The van der Waals surface area contributed by atoms with Crippen LogP contribution < -0.4 is 11.1 Å². The Balaban J connectivity index is 2.13. The van der Waals surface area contributed by atoms with Gasteiger partial charge in [0.1, 0.15) is 0 Å². The Labute approximate surface area is 112 Å². The first-order chi connectivity index (χ1) is 8.74. The van der Waals surface area contributed by atoms with Crippen LogP contribution in [0.2, 0.25) is 0 Å². The van der Waals surface area contributed by atoms with Gasteiger partial charge in [0.05, 0.1) is 0 Å². The second-order valence-electron chi connectivity index (χ2n) is 5.74. The van der Waals surface area contributed by atoms with Gasteiger partial charge in [0.25, 0.3) is 0 Å². The van der Waals surface area contributed by atoms with Crippen LogP contribution in [0.5, 0.6) is 0 Å². The van der Waals surface area contributed by atoms with E-state index in [0.717, 1.165) is 32.2 Å². The molecule has 2 unspecified atom stereocenters. The third kappa shape index (κ3) is 6.39. The predicted octanol–water partition coefficient (Wildman–Crippen LogP) is 2.98. The number of unbranched alkanes of at least 4 members (excludes halogenated alkanes) is 3. The zero-order valence-corrected chi connectivity index (χ0v) is 11.9. The predicted molar refractivity (Wildman–Crippen MR) is 76.3 cm³/mol. The molecule has 3 heteroatoms. The number of carbonyl (C=O) groups is 1. The minimum Gasteiger partial charge on any atom is -0.353 e. The molecule has 0 heterocycles. The summed E-state index contributed by atoms with van der Waals surface area (Å²) in [5.74, 6) is 0.898. The number of nitrogens with one attached hydrogen (secondary N) is 1. The summed E-state index contributed by atoms with van der Waals surface area (Å²) in [5, 5.41) is 3.24. The summed E-state index contributed by atoms with van der Waals surface area (Å²) in [6.45, 7) is 3.04. The molecule has 0 radical (unpaired) electrons. The smallest absolute Gasteiger partial charge is 0.220 e. The molecule has 0 saturated heterocycles. The fourth-order valence-electron chi connectivity index (χ4n) is 2.77. The standard InChI is InChI=1S/C15H30N2O/c1-13-9-5-4-6-10-14(13)17-15(18)11-7-2-3-8-12-16/h13-14H,2-12,16H2,1H3,(H,17,18). The summed E-state index contributed by atoms with van der Waals surface area (Å²) < 4.78 is 0. The molecule has 1 amide bonds. The van der Waals surface area contributed by atoms with E-state index in [0.29, 0.717) is 18.4 Å². The van der Waals surface area contributed by atoms with Crippen LogP contribution in [0.1, 0.15) is 71.1 Å². The highest BCUT2D eigenvalue weighted by atomic mass is 16.1. The molecule has 2 atom stereocenters. The van der Waals surface area contributed by atoms with Crippen molar-refractivity contribution < 1.29 is 4.79 Å². The number of nitrogens with two attached hydrogens (primary N) is 1. The maximum atomic E-state index is 11.9. The summed E-state index contributed by atoms with van der Waals surface area (Å²) in [6, 6.07) is 0.420. The van der Waals surface area contributed by atoms with Crippen LogP contribution >= 0.6 is 0 Å². The zero-order valence-electron chi connectivity index (χ0n) is 11.9. The lowest BCUT2D eigenvalue weighted by molar-refractivity contribution is -0.122. The number of rotatable bonds is 7. The van der Waals surface area contributed by atoms with E-state index in [1.54, 1.807) is 0 Å². The van der Waals surface area contributed by atoms with Gasteiger partial charge >= 0.3 is 0 Å². The Hall–Kier alpha value is -0.570. The van der Waals surface area contributed by atoms with Gasteiger partial charge in [-0.3, -0.25) is 4.79 Å². The lowest BCUT2D eigenvalue weighted by Crippen LogP contribution is -2.38. The molecule has 0 spiro atoms. The van der Waals surface area contributed by atoms with Crippen molar-refractivity contribution in [3.8, 4) is 0 Å². The maximum absolute atomic E-state index is 11.9. The average Bonchev–Trinajstić information content (AvgIpc) is 2.55. The van der Waals surface area contributed by atoms with Crippen molar-refractivity contribution in [3.05, 3.63) is 0 Å². The molecule has 1 aliphatic rings. The number of hydrogen-bond acceptors (Lipinski definition) is 2. The topological polar surface area (TPSA) is 55.1 Å². The van der Waals surface area contributed by atoms with Gasteiger partial charge in [0, 0.05) is 12.5 Å². The van der Waals surface area contributed by atoms with Crippen molar-refractivity contribution >= 4 is 5.91 Å². The molecule has 1 saturated carbocycles. The Morgan fingerprint density at radius 1 is 1.11 bits per heavy atom. The summed E-state index contributed by atoms with van der Waals surface area (Å²) in [4.78, 5) is 11.9. The highest BCUT2D eigenvalue weighted by molar-refractivity contribution is 5.76. The molecule has 0 aromatic rings. The molecule has 3 N–H and O–H groups in total. The van der Waals surface area contributed by atoms with Gasteiger partial charge in [0.15, 0.2) is 0 Å². The van der Waals surface area contributed by atoms with Gasteiger partial charge in [-0.2, -0.15) is 0 Å². The Morgan fingerprint density at radius 3 is 2.61 bits per heavy atom. The van der Waals surface area contributed by atoms with E-state index in [2.05, 4.69) is 12.2 Å². The summed E-state index contributed by atoms with van der Waals surface area (Å²) in [7, 11) is 0. The first-order valence-electron chi connectivity index (χ1n) is 7.73. The van der Waals surface area contributed by atoms with Crippen LogP contribution in [0.3, 0.4) is 0 Å². The van der Waals surface area contributed by atoms with Gasteiger partial charge in [-0.1, -0.05) is 39.0 Å². The Bertz CT molecular complexity index is 231. The van der Waals surface area contributed by atoms with E-state index in [9.17, 15) is 4.79 Å². The molecule has 1 fully saturated rings. The molecule has 1 aliphatic carbocycles. The molecule has 18 heavy (non-hydrogen) atoms.